The number of hydrogen-bond donors (Lipinski definition) is 3. The number of carbonyl (C=O) groups is 1. The molecule has 1 unspecified atom stereocenters. The highest BCUT2D eigenvalue weighted by Crippen LogP contribution is 2.33. The Morgan fingerprint density at radius 2 is 2.11 bits per heavy atom. The average Bonchev–Trinajstić information content (AvgIpc) is 2.25. The zero-order chi connectivity index (χ0) is 13.9. The lowest BCUT2D eigenvalue weighted by molar-refractivity contribution is -0.138. The van der Waals surface area contributed by atoms with Crippen LogP contribution in [0.5, 0.6) is 0 Å². The molecule has 0 saturated carbocycles. The van der Waals surface area contributed by atoms with E-state index in [1.165, 1.54) is 0 Å². The van der Waals surface area contributed by atoms with Gasteiger partial charge in [0.15, 0.2) is 0 Å². The van der Waals surface area contributed by atoms with Gasteiger partial charge in [0.25, 0.3) is 0 Å². The van der Waals surface area contributed by atoms with Crippen molar-refractivity contribution in [1.82, 2.24) is 0 Å². The molecular weight excluding hydrogens is 273 g/mol. The van der Waals surface area contributed by atoms with Crippen LogP contribution < -0.4 is 11.1 Å². The summed E-state index contributed by atoms with van der Waals surface area (Å²) in [5.41, 5.74) is 4.55. The van der Waals surface area contributed by atoms with Crippen LogP contribution in [0.2, 0.25) is 5.02 Å². The summed E-state index contributed by atoms with van der Waals surface area (Å²) in [7, 11) is 0. The van der Waals surface area contributed by atoms with Gasteiger partial charge in [0.1, 0.15) is 6.04 Å². The van der Waals surface area contributed by atoms with Gasteiger partial charge in [0, 0.05) is 6.54 Å². The second kappa shape index (κ2) is 5.45. The van der Waals surface area contributed by atoms with Gasteiger partial charge >= 0.3 is 12.1 Å². The van der Waals surface area contributed by atoms with Crippen molar-refractivity contribution in [3.63, 3.8) is 0 Å². The Morgan fingerprint density at radius 1 is 1.50 bits per heavy atom. The normalized spacial score (nSPS) is 13.2. The summed E-state index contributed by atoms with van der Waals surface area (Å²) >= 11 is 5.65. The summed E-state index contributed by atoms with van der Waals surface area (Å²) < 4.78 is 37.0. The van der Waals surface area contributed by atoms with Crippen LogP contribution in [-0.4, -0.2) is 23.7 Å². The first-order valence-electron chi connectivity index (χ1n) is 4.81. The summed E-state index contributed by atoms with van der Waals surface area (Å²) in [6.45, 7) is -0.138. The summed E-state index contributed by atoms with van der Waals surface area (Å²) in [6.07, 6.45) is -4.47. The third-order valence-corrected chi connectivity index (χ3v) is 2.44. The van der Waals surface area contributed by atoms with Crippen molar-refractivity contribution in [2.45, 2.75) is 12.2 Å². The predicted octanol–water partition coefficient (Wildman–Crippen LogP) is 2.18. The number of carboxylic acids is 1. The van der Waals surface area contributed by atoms with Crippen LogP contribution in [0.1, 0.15) is 5.56 Å². The van der Waals surface area contributed by atoms with Crippen LogP contribution >= 0.6 is 11.6 Å². The van der Waals surface area contributed by atoms with Gasteiger partial charge in [-0.25, -0.2) is 0 Å². The van der Waals surface area contributed by atoms with E-state index >= 15 is 0 Å². The molecule has 8 heteroatoms. The standard InChI is InChI=1S/C10H10ClF3N2O2/c11-6-3-5(10(12,13)14)1-2-8(6)16-4-7(15)9(17)18/h1-3,7,16H,4,15H2,(H,17,18). The fourth-order valence-corrected chi connectivity index (χ4v) is 1.39. The first kappa shape index (κ1) is 14.6. The van der Waals surface area contributed by atoms with Crippen molar-refractivity contribution in [3.8, 4) is 0 Å². The molecule has 0 aliphatic rings. The maximum atomic E-state index is 12.3. The summed E-state index contributed by atoms with van der Waals surface area (Å²) in [5, 5.41) is 11.0. The first-order chi connectivity index (χ1) is 8.21. The van der Waals surface area contributed by atoms with Crippen molar-refractivity contribution in [2.24, 2.45) is 5.73 Å². The molecular formula is C10H10ClF3N2O2. The molecule has 0 heterocycles. The monoisotopic (exact) mass is 282 g/mol. The number of hydrogen-bond acceptors (Lipinski definition) is 3. The highest BCUT2D eigenvalue weighted by atomic mass is 35.5. The number of carboxylic acid groups (broad SMARTS) is 1. The number of nitrogens with one attached hydrogen (secondary N) is 1. The van der Waals surface area contributed by atoms with Gasteiger partial charge in [-0.3, -0.25) is 4.79 Å². The lowest BCUT2D eigenvalue weighted by Crippen LogP contribution is -2.37. The zero-order valence-corrected chi connectivity index (χ0v) is 9.72. The van der Waals surface area contributed by atoms with E-state index in [9.17, 15) is 18.0 Å². The first-order valence-corrected chi connectivity index (χ1v) is 5.18. The van der Waals surface area contributed by atoms with Crippen molar-refractivity contribution in [2.75, 3.05) is 11.9 Å². The molecule has 1 atom stereocenters. The van der Waals surface area contributed by atoms with Gasteiger partial charge in [0.2, 0.25) is 0 Å². The number of aliphatic carboxylic acids is 1. The highest BCUT2D eigenvalue weighted by molar-refractivity contribution is 6.33. The number of anilines is 1. The Bertz CT molecular complexity index is 451. The quantitative estimate of drug-likeness (QED) is 0.791. The Hall–Kier alpha value is -1.47. The largest absolute Gasteiger partial charge is 0.480 e. The van der Waals surface area contributed by atoms with Crippen LogP contribution in [0.4, 0.5) is 18.9 Å². The fourth-order valence-electron chi connectivity index (χ4n) is 1.14. The van der Waals surface area contributed by atoms with E-state index in [1.807, 2.05) is 0 Å². The molecule has 0 aliphatic carbocycles. The second-order valence-corrected chi connectivity index (χ2v) is 3.93. The maximum Gasteiger partial charge on any atom is 0.416 e. The molecule has 4 nitrogen and oxygen atoms in total. The molecule has 1 aromatic carbocycles. The van der Waals surface area contributed by atoms with Gasteiger partial charge in [-0.15, -0.1) is 0 Å². The summed E-state index contributed by atoms with van der Waals surface area (Å²) in [5.74, 6) is -1.22. The van der Waals surface area contributed by atoms with Crippen molar-refractivity contribution >= 4 is 23.3 Å². The van der Waals surface area contributed by atoms with Crippen molar-refractivity contribution < 1.29 is 23.1 Å². The van der Waals surface area contributed by atoms with Gasteiger partial charge in [-0.05, 0) is 18.2 Å². The number of benzene rings is 1. The lowest BCUT2D eigenvalue weighted by Gasteiger charge is -2.13. The van der Waals surface area contributed by atoms with Crippen molar-refractivity contribution in [3.05, 3.63) is 28.8 Å². The fraction of sp³-hybridized carbons (Fsp3) is 0.300. The van der Waals surface area contributed by atoms with E-state index in [4.69, 9.17) is 22.4 Å². The number of alkyl halides is 3. The zero-order valence-electron chi connectivity index (χ0n) is 8.96. The molecule has 0 saturated heterocycles. The molecule has 1 rings (SSSR count). The molecule has 0 aromatic heterocycles. The van der Waals surface area contributed by atoms with Crippen LogP contribution in [-0.2, 0) is 11.0 Å². The van der Waals surface area contributed by atoms with Gasteiger partial charge in [-0.1, -0.05) is 11.6 Å². The van der Waals surface area contributed by atoms with Crippen molar-refractivity contribution in [1.29, 1.82) is 0 Å². The second-order valence-electron chi connectivity index (χ2n) is 3.52. The van der Waals surface area contributed by atoms with E-state index in [1.54, 1.807) is 0 Å². The van der Waals surface area contributed by atoms with Crippen LogP contribution in [0.15, 0.2) is 18.2 Å². The lowest BCUT2D eigenvalue weighted by atomic mass is 10.2. The molecule has 0 fully saturated rings. The van der Waals surface area contributed by atoms with E-state index in [0.717, 1.165) is 18.2 Å². The minimum atomic E-state index is -4.47. The molecule has 1 aromatic rings. The van der Waals surface area contributed by atoms with E-state index in [0.29, 0.717) is 0 Å². The molecule has 100 valence electrons. The third-order valence-electron chi connectivity index (χ3n) is 2.13. The van der Waals surface area contributed by atoms with E-state index < -0.39 is 23.8 Å². The van der Waals surface area contributed by atoms with Crippen LogP contribution in [0.3, 0.4) is 0 Å². The molecule has 0 spiro atoms. The summed E-state index contributed by atoms with van der Waals surface area (Å²) in [4.78, 5) is 10.4. The Labute approximate surface area is 106 Å². The molecule has 0 amide bonds. The molecule has 18 heavy (non-hydrogen) atoms. The topological polar surface area (TPSA) is 75.3 Å². The molecule has 4 N–H and O–H groups in total. The predicted molar refractivity (Wildman–Crippen MR) is 60.6 cm³/mol. The van der Waals surface area contributed by atoms with E-state index in [2.05, 4.69) is 5.32 Å². The SMILES string of the molecule is NC(CNc1ccc(C(F)(F)F)cc1Cl)C(=O)O. The number of nitrogens with two attached hydrogens (primary N) is 1. The molecule has 0 aliphatic heterocycles. The van der Waals surface area contributed by atoms with Crippen LogP contribution in [0.25, 0.3) is 0 Å². The highest BCUT2D eigenvalue weighted by Gasteiger charge is 2.30. The number of rotatable bonds is 4. The third kappa shape index (κ3) is 3.78. The summed E-state index contributed by atoms with van der Waals surface area (Å²) in [6, 6.07) is 1.57. The average molecular weight is 283 g/mol. The minimum Gasteiger partial charge on any atom is -0.480 e. The minimum absolute atomic E-state index is 0.138. The molecule has 0 bridgehead atoms. The molecule has 0 radical (unpaired) electrons. The maximum absolute atomic E-state index is 12.3. The Kier molecular flexibility index (Phi) is 4.42. The Balaban J connectivity index is 2.78. The van der Waals surface area contributed by atoms with Gasteiger partial charge in [-0.2, -0.15) is 13.2 Å². The number of halogens is 4. The smallest absolute Gasteiger partial charge is 0.416 e. The van der Waals surface area contributed by atoms with Crippen LogP contribution in [0, 0.1) is 0 Å². The van der Waals surface area contributed by atoms with Gasteiger partial charge < -0.3 is 16.2 Å². The van der Waals surface area contributed by atoms with Gasteiger partial charge in [0.05, 0.1) is 16.3 Å². The van der Waals surface area contributed by atoms with E-state index in [-0.39, 0.29) is 17.3 Å². The Morgan fingerprint density at radius 3 is 2.56 bits per heavy atom.